The molecule has 1 rings (SSSR count). The van der Waals surface area contributed by atoms with E-state index in [9.17, 15) is 31.1 Å². The van der Waals surface area contributed by atoms with E-state index in [1.165, 1.54) is 10.6 Å². The zero-order chi connectivity index (χ0) is 11.9. The van der Waals surface area contributed by atoms with Gasteiger partial charge in [-0.3, -0.25) is 5.32 Å². The number of rotatable bonds is 0. The zero-order valence-corrected chi connectivity index (χ0v) is 6.75. The van der Waals surface area contributed by atoms with Gasteiger partial charge in [0.15, 0.2) is 0 Å². The molecule has 3 N–H and O–H groups in total. The van der Waals surface area contributed by atoms with Gasteiger partial charge in [-0.2, -0.15) is 31.7 Å². The van der Waals surface area contributed by atoms with E-state index in [1.807, 2.05) is 0 Å². The number of carbonyl (C=O) groups is 1. The van der Waals surface area contributed by atoms with Crippen molar-refractivity contribution in [2.24, 2.45) is 0 Å². The summed E-state index contributed by atoms with van der Waals surface area (Å²) in [5.41, 5.74) is 0. The molecule has 0 bridgehead atoms. The molecule has 1 aliphatic heterocycles. The fourth-order valence-corrected chi connectivity index (χ4v) is 0.814. The van der Waals surface area contributed by atoms with Crippen molar-refractivity contribution in [2.45, 2.75) is 18.5 Å². The molecule has 4 nitrogen and oxygen atoms in total. The Hall–Kier alpha value is -1.48. The highest BCUT2D eigenvalue weighted by atomic mass is 19.4. The third-order valence-electron chi connectivity index (χ3n) is 1.41. The van der Waals surface area contributed by atoms with E-state index in [0.29, 0.717) is 0 Å². The summed E-state index contributed by atoms with van der Waals surface area (Å²) in [5, 5.41) is 2.44. The Kier molecular flexibility index (Phi) is 2.53. The van der Waals surface area contributed by atoms with Crippen LogP contribution in [0.4, 0.5) is 31.1 Å². The topological polar surface area (TPSA) is 55.1 Å². The van der Waals surface area contributed by atoms with Crippen molar-refractivity contribution in [3.63, 3.8) is 0 Å². The Morgan fingerprint density at radius 3 is 2.07 bits per heavy atom. The average Bonchev–Trinajstić information content (AvgIpc) is 1.99. The fraction of sp³-hybridized carbons (Fsp3) is 0.600. The van der Waals surface area contributed by atoms with E-state index >= 15 is 0 Å². The average molecular weight is 236 g/mol. The van der Waals surface area contributed by atoms with Gasteiger partial charge in [0.1, 0.15) is 0 Å². The largest absolute Gasteiger partial charge is 0.494 e. The Balaban J connectivity index is 2.99. The number of urea groups is 1. The lowest BCUT2D eigenvalue weighted by atomic mass is 10.4. The molecule has 1 heterocycles. The number of nitrogens with one attached hydrogen (secondary N) is 3. The molecule has 0 fully saturated rings. The summed E-state index contributed by atoms with van der Waals surface area (Å²) in [6.45, 7) is 0. The van der Waals surface area contributed by atoms with E-state index in [1.54, 1.807) is 0 Å². The van der Waals surface area contributed by atoms with Crippen molar-refractivity contribution in [3.8, 4) is 0 Å². The minimum absolute atomic E-state index is 1.09. The zero-order valence-electron chi connectivity index (χ0n) is 6.75. The van der Waals surface area contributed by atoms with Crippen molar-refractivity contribution in [2.75, 3.05) is 0 Å². The lowest BCUT2D eigenvalue weighted by molar-refractivity contribution is -0.563. The summed E-state index contributed by atoms with van der Waals surface area (Å²) in [6, 6.07) is -1.57. The van der Waals surface area contributed by atoms with E-state index in [0.717, 1.165) is 4.99 Å². The molecule has 0 aliphatic carbocycles. The second-order valence-electron chi connectivity index (χ2n) is 2.59. The van der Waals surface area contributed by atoms with Crippen LogP contribution in [0.2, 0.25) is 0 Å². The first-order valence-electron chi connectivity index (χ1n) is 3.45. The van der Waals surface area contributed by atoms with Gasteiger partial charge in [0, 0.05) is 0 Å². The molecule has 0 aromatic heterocycles. The molecule has 0 aromatic carbocycles. The summed E-state index contributed by atoms with van der Waals surface area (Å²) >= 11 is 0. The number of hydrogen-bond donors (Lipinski definition) is 3. The maximum absolute atomic E-state index is 12.0. The summed E-state index contributed by atoms with van der Waals surface area (Å²) < 4.78 is 71.9. The third kappa shape index (κ3) is 2.73. The molecule has 86 valence electrons. The second kappa shape index (κ2) is 3.28. The molecule has 10 heteroatoms. The summed E-state index contributed by atoms with van der Waals surface area (Å²) in [5.74, 6) is -1.84. The van der Waals surface area contributed by atoms with Gasteiger partial charge in [0.05, 0.1) is 0 Å². The monoisotopic (exact) mass is 236 g/mol. The number of alkyl halides is 6. The Morgan fingerprint density at radius 2 is 1.67 bits per heavy atom. The van der Waals surface area contributed by atoms with Gasteiger partial charge in [0.25, 0.3) is 6.17 Å². The Bertz CT molecular complexity index is 305. The number of amides is 2. The third-order valence-corrected chi connectivity index (χ3v) is 1.41. The van der Waals surface area contributed by atoms with Crippen molar-refractivity contribution < 1.29 is 36.1 Å². The van der Waals surface area contributed by atoms with Gasteiger partial charge >= 0.3 is 24.2 Å². The van der Waals surface area contributed by atoms with Gasteiger partial charge in [0.2, 0.25) is 0 Å². The first-order valence-corrected chi connectivity index (χ1v) is 3.45. The van der Waals surface area contributed by atoms with E-state index in [2.05, 4.69) is 0 Å². The van der Waals surface area contributed by atoms with Crippen LogP contribution in [0.3, 0.4) is 0 Å². The summed E-state index contributed by atoms with van der Waals surface area (Å²) in [6.07, 6.45) is -12.8. The highest BCUT2D eigenvalue weighted by Crippen LogP contribution is 2.18. The van der Waals surface area contributed by atoms with Gasteiger partial charge in [-0.25, -0.2) is 9.79 Å². The molecule has 1 atom stereocenters. The van der Waals surface area contributed by atoms with Crippen LogP contribution < -0.4 is 15.6 Å². The molecule has 1 aliphatic rings. The molecule has 0 aromatic rings. The molecular formula is C5H4F6N3O+. The smallest absolute Gasteiger partial charge is 0.271 e. The number of amidine groups is 1. The lowest BCUT2D eigenvalue weighted by Gasteiger charge is -2.20. The van der Waals surface area contributed by atoms with Crippen LogP contribution in [0.15, 0.2) is 0 Å². The summed E-state index contributed by atoms with van der Waals surface area (Å²) in [7, 11) is 0. The molecule has 0 saturated carbocycles. The summed E-state index contributed by atoms with van der Waals surface area (Å²) in [4.78, 5) is 11.6. The minimum Gasteiger partial charge on any atom is -0.271 e. The number of hydrogen-bond acceptors (Lipinski definition) is 1. The maximum atomic E-state index is 12.0. The normalized spacial score (nSPS) is 22.9. The standard InChI is InChI=1S/C5H3F6N3O/c6-4(7,8)1-12-2(5(9,10)11)14-3(15)13-1/h1H,(H2,12,13,14,15)/p+1. The number of halogens is 6. The van der Waals surface area contributed by atoms with Crippen molar-refractivity contribution in [1.29, 1.82) is 0 Å². The van der Waals surface area contributed by atoms with E-state index in [-0.39, 0.29) is 0 Å². The quantitative estimate of drug-likeness (QED) is 0.475. The molecular weight excluding hydrogens is 232 g/mol. The Morgan fingerprint density at radius 1 is 1.13 bits per heavy atom. The van der Waals surface area contributed by atoms with Crippen LogP contribution in [-0.4, -0.2) is 30.4 Å². The highest BCUT2D eigenvalue weighted by molar-refractivity contribution is 5.98. The second-order valence-corrected chi connectivity index (χ2v) is 2.59. The van der Waals surface area contributed by atoms with Crippen LogP contribution >= 0.6 is 0 Å². The predicted octanol–water partition coefficient (Wildman–Crippen LogP) is -0.771. The van der Waals surface area contributed by atoms with Crippen LogP contribution in [0, 0.1) is 0 Å². The maximum Gasteiger partial charge on any atom is 0.494 e. The van der Waals surface area contributed by atoms with Gasteiger partial charge < -0.3 is 0 Å². The molecule has 2 amide bonds. The van der Waals surface area contributed by atoms with Crippen LogP contribution in [0.5, 0.6) is 0 Å². The highest BCUT2D eigenvalue weighted by Gasteiger charge is 2.52. The first-order chi connectivity index (χ1) is 6.60. The van der Waals surface area contributed by atoms with Gasteiger partial charge in [-0.1, -0.05) is 0 Å². The van der Waals surface area contributed by atoms with Crippen molar-refractivity contribution in [1.82, 2.24) is 10.6 Å². The molecule has 15 heavy (non-hydrogen) atoms. The fourth-order valence-electron chi connectivity index (χ4n) is 0.814. The SMILES string of the molecule is O=C1NC(C(F)(F)F)=[NH+]C(C(F)(F)F)N1. The predicted molar refractivity (Wildman–Crippen MR) is 33.5 cm³/mol. The minimum atomic E-state index is -5.07. The lowest BCUT2D eigenvalue weighted by Crippen LogP contribution is -2.95. The molecule has 0 spiro atoms. The number of carbonyl (C=O) groups excluding carboxylic acids is 1. The van der Waals surface area contributed by atoms with Crippen LogP contribution in [0.25, 0.3) is 0 Å². The van der Waals surface area contributed by atoms with Crippen molar-refractivity contribution >= 4 is 11.9 Å². The van der Waals surface area contributed by atoms with Crippen LogP contribution in [-0.2, 0) is 0 Å². The molecule has 0 radical (unpaired) electrons. The molecule has 1 unspecified atom stereocenters. The molecule has 0 saturated heterocycles. The Labute approximate surface area is 78.3 Å². The van der Waals surface area contributed by atoms with E-state index < -0.39 is 30.4 Å². The van der Waals surface area contributed by atoms with Crippen molar-refractivity contribution in [3.05, 3.63) is 0 Å². The van der Waals surface area contributed by atoms with Crippen LogP contribution in [0.1, 0.15) is 0 Å². The van der Waals surface area contributed by atoms with E-state index in [4.69, 9.17) is 0 Å². The van der Waals surface area contributed by atoms with Gasteiger partial charge in [-0.15, -0.1) is 0 Å². The van der Waals surface area contributed by atoms with Gasteiger partial charge in [-0.05, 0) is 0 Å². The first kappa shape index (κ1) is 11.6.